The molecule has 1 aromatic rings. The van der Waals surface area contributed by atoms with Crippen LogP contribution < -0.4 is 4.90 Å². The minimum atomic E-state index is -0.887. The Morgan fingerprint density at radius 1 is 1.41 bits per heavy atom. The van der Waals surface area contributed by atoms with Gasteiger partial charge in [-0.1, -0.05) is 0 Å². The van der Waals surface area contributed by atoms with E-state index in [-0.39, 0.29) is 5.91 Å². The summed E-state index contributed by atoms with van der Waals surface area (Å²) >= 11 is 1.18. The zero-order chi connectivity index (χ0) is 12.2. The van der Waals surface area contributed by atoms with Gasteiger partial charge in [-0.05, 0) is 32.3 Å². The lowest BCUT2D eigenvalue weighted by Crippen LogP contribution is -2.35. The van der Waals surface area contributed by atoms with Gasteiger partial charge >= 0.3 is 0 Å². The second-order valence-corrected chi connectivity index (χ2v) is 5.30. The summed E-state index contributed by atoms with van der Waals surface area (Å²) in [6.07, 6.45) is 1.37. The van der Waals surface area contributed by atoms with Gasteiger partial charge in [0.05, 0.1) is 0 Å². The summed E-state index contributed by atoms with van der Waals surface area (Å²) in [4.78, 5) is 17.6. The van der Waals surface area contributed by atoms with Gasteiger partial charge in [0.1, 0.15) is 5.82 Å². The van der Waals surface area contributed by atoms with E-state index >= 15 is 0 Å². The Kier molecular flexibility index (Phi) is 2.31. The van der Waals surface area contributed by atoms with E-state index < -0.39 is 6.23 Å². The van der Waals surface area contributed by atoms with Crippen LogP contribution in [0.4, 0.5) is 5.13 Å². The van der Waals surface area contributed by atoms with Crippen LogP contribution in [0.3, 0.4) is 0 Å². The molecule has 1 amide bonds. The molecule has 90 valence electrons. The van der Waals surface area contributed by atoms with Gasteiger partial charge in [-0.25, -0.2) is 4.98 Å². The normalized spacial score (nSPS) is 25.0. The summed E-state index contributed by atoms with van der Waals surface area (Å²) in [7, 11) is 0. The molecule has 1 aliphatic carbocycles. The van der Waals surface area contributed by atoms with Crippen LogP contribution in [0.2, 0.25) is 0 Å². The molecule has 0 saturated heterocycles. The first-order chi connectivity index (χ1) is 8.09. The van der Waals surface area contributed by atoms with Crippen LogP contribution in [0.5, 0.6) is 0 Å². The largest absolute Gasteiger partial charge is 0.369 e. The van der Waals surface area contributed by atoms with Crippen molar-refractivity contribution in [1.82, 2.24) is 9.36 Å². The van der Waals surface area contributed by atoms with Crippen LogP contribution in [0, 0.1) is 0 Å². The van der Waals surface area contributed by atoms with Crippen LogP contribution in [0.25, 0.3) is 0 Å². The molecule has 0 spiro atoms. The van der Waals surface area contributed by atoms with Crippen molar-refractivity contribution >= 4 is 22.6 Å². The van der Waals surface area contributed by atoms with Crippen LogP contribution in [-0.4, -0.2) is 26.6 Å². The van der Waals surface area contributed by atoms with Crippen LogP contribution in [0.15, 0.2) is 11.1 Å². The molecule has 5 nitrogen and oxygen atoms in total. The lowest BCUT2D eigenvalue weighted by atomic mass is 10.2. The van der Waals surface area contributed by atoms with Gasteiger partial charge in [-0.3, -0.25) is 9.69 Å². The van der Waals surface area contributed by atoms with Gasteiger partial charge < -0.3 is 5.11 Å². The second-order valence-electron chi connectivity index (χ2n) is 4.57. The number of amides is 1. The molecule has 0 radical (unpaired) electrons. The van der Waals surface area contributed by atoms with E-state index in [2.05, 4.69) is 9.36 Å². The van der Waals surface area contributed by atoms with E-state index in [4.69, 9.17) is 0 Å². The summed E-state index contributed by atoms with van der Waals surface area (Å²) < 4.78 is 4.25. The van der Waals surface area contributed by atoms with Crippen molar-refractivity contribution in [3.05, 3.63) is 17.0 Å². The first-order valence-electron chi connectivity index (χ1n) is 5.62. The van der Waals surface area contributed by atoms with Gasteiger partial charge in [-0.2, -0.15) is 4.37 Å². The number of hydrogen-bond donors (Lipinski definition) is 1. The molecule has 1 unspecified atom stereocenters. The molecule has 0 bridgehead atoms. The Morgan fingerprint density at radius 2 is 2.12 bits per heavy atom. The predicted octanol–water partition coefficient (Wildman–Crippen LogP) is 1.42. The van der Waals surface area contributed by atoms with Crippen molar-refractivity contribution in [3.8, 4) is 0 Å². The summed E-state index contributed by atoms with van der Waals surface area (Å²) in [5.41, 5.74) is 1.29. The highest BCUT2D eigenvalue weighted by Crippen LogP contribution is 2.40. The van der Waals surface area contributed by atoms with Crippen molar-refractivity contribution in [2.45, 2.75) is 38.8 Å². The monoisotopic (exact) mass is 251 g/mol. The third-order valence-electron chi connectivity index (χ3n) is 3.34. The second kappa shape index (κ2) is 3.61. The fourth-order valence-electron chi connectivity index (χ4n) is 1.87. The SMILES string of the molecule is CC1=C(C)C(O)N(c2nc(C3CC3)ns2)C1=O. The van der Waals surface area contributed by atoms with E-state index in [9.17, 15) is 9.90 Å². The van der Waals surface area contributed by atoms with Crippen molar-refractivity contribution in [3.63, 3.8) is 0 Å². The molecule has 17 heavy (non-hydrogen) atoms. The van der Waals surface area contributed by atoms with Crippen LogP contribution >= 0.6 is 11.5 Å². The number of carbonyl (C=O) groups is 1. The Labute approximate surface area is 103 Å². The van der Waals surface area contributed by atoms with Gasteiger partial charge in [0.2, 0.25) is 5.13 Å². The number of anilines is 1. The van der Waals surface area contributed by atoms with Gasteiger partial charge in [0, 0.05) is 23.0 Å². The Balaban J connectivity index is 1.91. The topological polar surface area (TPSA) is 66.3 Å². The first-order valence-corrected chi connectivity index (χ1v) is 6.39. The maximum absolute atomic E-state index is 12.0. The van der Waals surface area contributed by atoms with Crippen molar-refractivity contribution in [2.24, 2.45) is 0 Å². The molecule has 2 aliphatic rings. The average molecular weight is 251 g/mol. The van der Waals surface area contributed by atoms with Crippen molar-refractivity contribution in [2.75, 3.05) is 4.90 Å². The summed E-state index contributed by atoms with van der Waals surface area (Å²) in [5.74, 6) is 1.10. The molecule has 1 aromatic heterocycles. The minimum absolute atomic E-state index is 0.173. The fourth-order valence-corrected chi connectivity index (χ4v) is 2.64. The maximum atomic E-state index is 12.0. The van der Waals surface area contributed by atoms with E-state index in [1.807, 2.05) is 0 Å². The van der Waals surface area contributed by atoms with E-state index in [1.54, 1.807) is 13.8 Å². The number of aliphatic hydroxyl groups excluding tert-OH is 1. The molecule has 0 aromatic carbocycles. The molecule has 6 heteroatoms. The predicted molar refractivity (Wildman–Crippen MR) is 63.8 cm³/mol. The third kappa shape index (κ3) is 1.59. The number of aromatic nitrogens is 2. The van der Waals surface area contributed by atoms with E-state index in [1.165, 1.54) is 16.4 Å². The molecule has 1 fully saturated rings. The number of hydrogen-bond acceptors (Lipinski definition) is 5. The summed E-state index contributed by atoms with van der Waals surface area (Å²) in [6.45, 7) is 3.49. The zero-order valence-corrected chi connectivity index (χ0v) is 10.5. The molecule has 1 atom stereocenters. The molecule has 1 aliphatic heterocycles. The molecule has 3 rings (SSSR count). The maximum Gasteiger partial charge on any atom is 0.258 e. The Morgan fingerprint density at radius 3 is 2.65 bits per heavy atom. The standard InChI is InChI=1S/C11H13N3O2S/c1-5-6(2)10(16)14(9(5)15)11-12-8(13-17-11)7-3-4-7/h7,9,15H,3-4H2,1-2H3. The lowest BCUT2D eigenvalue weighted by molar-refractivity contribution is -0.115. The number of carbonyl (C=O) groups excluding carboxylic acids is 1. The van der Waals surface area contributed by atoms with Crippen molar-refractivity contribution < 1.29 is 9.90 Å². The Bertz CT molecular complexity index is 519. The number of rotatable bonds is 2. The molecule has 2 heterocycles. The highest BCUT2D eigenvalue weighted by molar-refractivity contribution is 7.10. The van der Waals surface area contributed by atoms with Gasteiger partial charge in [0.15, 0.2) is 6.23 Å². The zero-order valence-electron chi connectivity index (χ0n) is 9.67. The third-order valence-corrected chi connectivity index (χ3v) is 4.07. The summed E-state index contributed by atoms with van der Waals surface area (Å²) in [6, 6.07) is 0. The number of nitrogens with zero attached hydrogens (tertiary/aromatic N) is 3. The van der Waals surface area contributed by atoms with Gasteiger partial charge in [-0.15, -0.1) is 0 Å². The first kappa shape index (κ1) is 10.9. The van der Waals surface area contributed by atoms with Crippen molar-refractivity contribution in [1.29, 1.82) is 0 Å². The average Bonchev–Trinajstić information content (AvgIpc) is 3.03. The molecular weight excluding hydrogens is 238 g/mol. The Hall–Kier alpha value is -1.27. The lowest BCUT2D eigenvalue weighted by Gasteiger charge is -2.17. The van der Waals surface area contributed by atoms with E-state index in [0.717, 1.165) is 18.7 Å². The summed E-state index contributed by atoms with van der Waals surface area (Å²) in [5, 5.41) is 10.5. The molecule has 1 N–H and O–H groups in total. The smallest absolute Gasteiger partial charge is 0.258 e. The van der Waals surface area contributed by atoms with Crippen LogP contribution in [0.1, 0.15) is 38.4 Å². The molecule has 1 saturated carbocycles. The fraction of sp³-hybridized carbons (Fsp3) is 0.545. The quantitative estimate of drug-likeness (QED) is 0.863. The highest BCUT2D eigenvalue weighted by Gasteiger charge is 2.37. The minimum Gasteiger partial charge on any atom is -0.369 e. The number of aliphatic hydroxyl groups is 1. The van der Waals surface area contributed by atoms with Gasteiger partial charge in [0.25, 0.3) is 5.91 Å². The molecular formula is C11H13N3O2S. The van der Waals surface area contributed by atoms with Crippen LogP contribution in [-0.2, 0) is 4.79 Å². The van der Waals surface area contributed by atoms with E-state index in [0.29, 0.717) is 22.2 Å². The highest BCUT2D eigenvalue weighted by atomic mass is 32.1.